The van der Waals surface area contributed by atoms with Crippen molar-refractivity contribution in [3.8, 4) is 11.5 Å². The molecule has 39 heavy (non-hydrogen) atoms. The van der Waals surface area contributed by atoms with E-state index in [-0.39, 0.29) is 23.2 Å². The predicted molar refractivity (Wildman–Crippen MR) is 135 cm³/mol. The molecule has 2 amide bonds. The Balaban J connectivity index is 1.16. The Labute approximate surface area is 221 Å². The minimum absolute atomic E-state index is 0.101. The van der Waals surface area contributed by atoms with Crippen LogP contribution in [0.1, 0.15) is 26.3 Å². The van der Waals surface area contributed by atoms with Gasteiger partial charge in [0.05, 0.1) is 5.52 Å². The lowest BCUT2D eigenvalue weighted by atomic mass is 9.99. The molecule has 2 heterocycles. The van der Waals surface area contributed by atoms with E-state index in [2.05, 4.69) is 5.10 Å². The number of benzene rings is 3. The summed E-state index contributed by atoms with van der Waals surface area (Å²) in [6, 6.07) is 15.5. The minimum Gasteiger partial charge on any atom is -0.457 e. The van der Waals surface area contributed by atoms with Crippen molar-refractivity contribution in [1.82, 2.24) is 20.0 Å². The van der Waals surface area contributed by atoms with E-state index in [1.165, 1.54) is 30.3 Å². The number of likely N-dealkylation sites (tertiary alicyclic amines) is 1. The smallest absolute Gasteiger partial charge is 0.405 e. The number of amides is 2. The molecule has 0 spiro atoms. The molecule has 0 saturated carbocycles. The van der Waals surface area contributed by atoms with Gasteiger partial charge in [-0.2, -0.15) is 18.3 Å². The van der Waals surface area contributed by atoms with Gasteiger partial charge in [0.25, 0.3) is 11.8 Å². The van der Waals surface area contributed by atoms with Crippen LogP contribution in [0, 0.1) is 18.7 Å². The van der Waals surface area contributed by atoms with Gasteiger partial charge in [0, 0.05) is 48.3 Å². The summed E-state index contributed by atoms with van der Waals surface area (Å²) in [5.41, 5.74) is 1.88. The molecule has 1 aliphatic heterocycles. The highest BCUT2D eigenvalue weighted by atomic mass is 19.4. The monoisotopic (exact) mass is 540 g/mol. The zero-order chi connectivity index (χ0) is 27.7. The fourth-order valence-corrected chi connectivity index (χ4v) is 4.50. The number of aromatic nitrogens is 2. The first-order valence-electron chi connectivity index (χ1n) is 12.2. The van der Waals surface area contributed by atoms with Crippen LogP contribution >= 0.6 is 0 Å². The molecule has 202 valence electrons. The van der Waals surface area contributed by atoms with Crippen LogP contribution < -0.4 is 10.1 Å². The quantitative estimate of drug-likeness (QED) is 0.321. The number of ether oxygens (including phenoxy) is 1. The molecule has 4 aromatic rings. The molecule has 3 aromatic carbocycles. The summed E-state index contributed by atoms with van der Waals surface area (Å²) in [5, 5.41) is 7.11. The highest BCUT2D eigenvalue weighted by Gasteiger charge is 2.32. The van der Waals surface area contributed by atoms with Crippen molar-refractivity contribution in [1.29, 1.82) is 0 Å². The number of fused-ring (bicyclic) bond motifs is 1. The number of nitrogens with one attached hydrogen (secondary N) is 1. The Morgan fingerprint density at radius 3 is 2.28 bits per heavy atom. The average Bonchev–Trinajstić information content (AvgIpc) is 3.29. The second-order valence-electron chi connectivity index (χ2n) is 9.48. The lowest BCUT2D eigenvalue weighted by Gasteiger charge is -2.39. The zero-order valence-electron chi connectivity index (χ0n) is 20.8. The minimum atomic E-state index is -4.49. The Hall–Kier alpha value is -4.41. The largest absolute Gasteiger partial charge is 0.457 e. The molecule has 0 aliphatic carbocycles. The third kappa shape index (κ3) is 6.02. The van der Waals surface area contributed by atoms with E-state index >= 15 is 0 Å². The van der Waals surface area contributed by atoms with Gasteiger partial charge in [-0.05, 0) is 73.2 Å². The number of aryl methyl sites for hydroxylation is 1. The number of carbonyl (C=O) groups excluding carboxylic acids is 2. The molecule has 0 bridgehead atoms. The Kier molecular flexibility index (Phi) is 6.98. The fourth-order valence-electron chi connectivity index (χ4n) is 4.50. The van der Waals surface area contributed by atoms with Gasteiger partial charge in [0.15, 0.2) is 0 Å². The summed E-state index contributed by atoms with van der Waals surface area (Å²) < 4.78 is 57.8. The number of alkyl halides is 3. The summed E-state index contributed by atoms with van der Waals surface area (Å²) in [5.74, 6) is -0.0452. The van der Waals surface area contributed by atoms with Crippen LogP contribution in [-0.4, -0.2) is 52.3 Å². The normalized spacial score (nSPS) is 13.8. The maximum atomic E-state index is 13.0. The van der Waals surface area contributed by atoms with Crippen molar-refractivity contribution in [2.45, 2.75) is 19.6 Å². The van der Waals surface area contributed by atoms with Gasteiger partial charge in [-0.3, -0.25) is 14.3 Å². The van der Waals surface area contributed by atoms with Crippen LogP contribution in [0.2, 0.25) is 0 Å². The summed E-state index contributed by atoms with van der Waals surface area (Å²) in [7, 11) is 0. The molecular formula is C28H24F4N4O3. The van der Waals surface area contributed by atoms with Gasteiger partial charge in [-0.25, -0.2) is 4.39 Å². The lowest BCUT2D eigenvalue weighted by Crippen LogP contribution is -2.51. The van der Waals surface area contributed by atoms with Crippen LogP contribution in [0.4, 0.5) is 17.6 Å². The molecule has 1 fully saturated rings. The summed E-state index contributed by atoms with van der Waals surface area (Å²) in [6.45, 7) is 1.93. The Morgan fingerprint density at radius 1 is 1.00 bits per heavy atom. The second-order valence-corrected chi connectivity index (χ2v) is 9.48. The van der Waals surface area contributed by atoms with Crippen LogP contribution in [-0.2, 0) is 6.54 Å². The number of rotatable bonds is 7. The van der Waals surface area contributed by atoms with Gasteiger partial charge < -0.3 is 15.0 Å². The van der Waals surface area contributed by atoms with E-state index in [0.29, 0.717) is 53.2 Å². The highest BCUT2D eigenvalue weighted by Crippen LogP contribution is 2.26. The fraction of sp³-hybridized carbons (Fsp3) is 0.250. The maximum Gasteiger partial charge on any atom is 0.405 e. The van der Waals surface area contributed by atoms with Crippen molar-refractivity contribution in [3.63, 3.8) is 0 Å². The lowest BCUT2D eigenvalue weighted by molar-refractivity contribution is -0.123. The van der Waals surface area contributed by atoms with Crippen molar-refractivity contribution >= 4 is 22.7 Å². The summed E-state index contributed by atoms with van der Waals surface area (Å²) >= 11 is 0. The van der Waals surface area contributed by atoms with Crippen LogP contribution in [0.25, 0.3) is 10.9 Å². The van der Waals surface area contributed by atoms with Crippen molar-refractivity contribution in [3.05, 3.63) is 89.4 Å². The van der Waals surface area contributed by atoms with E-state index in [1.807, 2.05) is 5.32 Å². The molecule has 5 rings (SSSR count). The van der Waals surface area contributed by atoms with E-state index in [1.54, 1.807) is 53.0 Å². The molecule has 1 N–H and O–H groups in total. The standard InChI is InChI=1S/C28H24F4N4O3/c1-17-23(26(37)33-16-28(30,31)32)10-11-25-24(17)15-36(34-25)14-18-12-35(13-18)27(38)19-2-6-21(7-3-19)39-22-8-4-20(29)5-9-22/h2-11,15,18H,12-14,16H2,1H3,(H,33,37). The Bertz CT molecular complexity index is 1510. The average molecular weight is 541 g/mol. The van der Waals surface area contributed by atoms with E-state index < -0.39 is 18.6 Å². The summed E-state index contributed by atoms with van der Waals surface area (Å²) in [4.78, 5) is 26.8. The maximum absolute atomic E-state index is 13.0. The first-order valence-corrected chi connectivity index (χ1v) is 12.2. The molecule has 1 aromatic heterocycles. The van der Waals surface area contributed by atoms with Gasteiger partial charge in [0.1, 0.15) is 23.9 Å². The third-order valence-corrected chi connectivity index (χ3v) is 6.54. The van der Waals surface area contributed by atoms with E-state index in [9.17, 15) is 27.2 Å². The number of hydrogen-bond donors (Lipinski definition) is 1. The predicted octanol–water partition coefficient (Wildman–Crippen LogP) is 5.34. The highest BCUT2D eigenvalue weighted by molar-refractivity contribution is 6.00. The number of nitrogens with zero attached hydrogens (tertiary/aromatic N) is 3. The van der Waals surface area contributed by atoms with Crippen LogP contribution in [0.15, 0.2) is 66.9 Å². The van der Waals surface area contributed by atoms with E-state index in [4.69, 9.17) is 4.74 Å². The SMILES string of the molecule is Cc1c(C(=O)NCC(F)(F)F)ccc2nn(CC3CN(C(=O)c4ccc(Oc5ccc(F)cc5)cc4)C3)cc12. The van der Waals surface area contributed by atoms with Crippen LogP contribution in [0.5, 0.6) is 11.5 Å². The molecule has 0 unspecified atom stereocenters. The van der Waals surface area contributed by atoms with Crippen molar-refractivity contribution in [2.24, 2.45) is 5.92 Å². The molecule has 1 aliphatic rings. The first-order chi connectivity index (χ1) is 18.6. The molecule has 7 nitrogen and oxygen atoms in total. The molecular weight excluding hydrogens is 516 g/mol. The first kappa shape index (κ1) is 26.2. The molecule has 0 radical (unpaired) electrons. The molecule has 0 atom stereocenters. The Morgan fingerprint density at radius 2 is 1.64 bits per heavy atom. The number of hydrogen-bond acceptors (Lipinski definition) is 4. The number of halogens is 4. The number of carbonyl (C=O) groups is 2. The third-order valence-electron chi connectivity index (χ3n) is 6.54. The van der Waals surface area contributed by atoms with Gasteiger partial charge in [-0.15, -0.1) is 0 Å². The molecule has 11 heteroatoms. The summed E-state index contributed by atoms with van der Waals surface area (Å²) in [6.07, 6.45) is -2.71. The van der Waals surface area contributed by atoms with Gasteiger partial charge in [-0.1, -0.05) is 0 Å². The zero-order valence-corrected chi connectivity index (χ0v) is 20.8. The van der Waals surface area contributed by atoms with Gasteiger partial charge >= 0.3 is 6.18 Å². The molecule has 1 saturated heterocycles. The topological polar surface area (TPSA) is 76.5 Å². The van der Waals surface area contributed by atoms with Crippen LogP contribution in [0.3, 0.4) is 0 Å². The van der Waals surface area contributed by atoms with Crippen molar-refractivity contribution < 1.29 is 31.9 Å². The van der Waals surface area contributed by atoms with Crippen molar-refractivity contribution in [2.75, 3.05) is 19.6 Å². The second kappa shape index (κ2) is 10.4. The van der Waals surface area contributed by atoms with Gasteiger partial charge in [0.2, 0.25) is 0 Å². The van der Waals surface area contributed by atoms with E-state index in [0.717, 1.165) is 0 Å².